The van der Waals surface area contributed by atoms with E-state index >= 15 is 0 Å². The molecule has 208 valence electrons. The molecule has 0 aliphatic carbocycles. The Morgan fingerprint density at radius 2 is 1.43 bits per heavy atom. The molecule has 1 heterocycles. The fraction of sp³-hybridized carbons (Fsp3) is 0.0833. The summed E-state index contributed by atoms with van der Waals surface area (Å²) in [6, 6.07) is 31.9. The number of hydrogen-bond acceptors (Lipinski definition) is 4. The second-order valence-corrected chi connectivity index (χ2v) is 11.0. The summed E-state index contributed by atoms with van der Waals surface area (Å²) >= 11 is 1.56. The molecule has 0 spiro atoms. The molecule has 0 aliphatic heterocycles. The van der Waals surface area contributed by atoms with Crippen molar-refractivity contribution in [2.45, 2.75) is 20.3 Å². The number of carbonyl (C=O) groups is 3. The van der Waals surface area contributed by atoms with Crippen LogP contribution in [0.4, 0.5) is 11.4 Å². The Morgan fingerprint density at radius 3 is 2.14 bits per heavy atom. The highest BCUT2D eigenvalue weighted by atomic mass is 32.1. The van der Waals surface area contributed by atoms with Gasteiger partial charge in [0, 0.05) is 27.8 Å². The number of rotatable bonds is 9. The van der Waals surface area contributed by atoms with Crippen LogP contribution in [0.1, 0.15) is 37.5 Å². The molecular weight excluding hydrogens is 540 g/mol. The first-order valence-electron chi connectivity index (χ1n) is 13.6. The monoisotopic (exact) mass is 570 g/mol. The molecule has 6 heteroatoms. The van der Waals surface area contributed by atoms with Crippen molar-refractivity contribution in [2.24, 2.45) is 0 Å². The quantitative estimate of drug-likeness (QED) is 0.139. The van der Waals surface area contributed by atoms with Crippen LogP contribution in [0, 0.1) is 13.8 Å². The minimum atomic E-state index is -0.324. The Morgan fingerprint density at radius 1 is 0.738 bits per heavy atom. The van der Waals surface area contributed by atoms with Gasteiger partial charge in [-0.1, -0.05) is 90.0 Å². The third-order valence-electron chi connectivity index (χ3n) is 6.73. The molecule has 0 radical (unpaired) electrons. The van der Waals surface area contributed by atoms with E-state index in [1.54, 1.807) is 59.9 Å². The lowest BCUT2D eigenvalue weighted by Crippen LogP contribution is -2.18. The summed E-state index contributed by atoms with van der Waals surface area (Å²) in [5.41, 5.74) is 7.04. The Balaban J connectivity index is 1.32. The van der Waals surface area contributed by atoms with Gasteiger partial charge >= 0.3 is 0 Å². The molecule has 2 amide bonds. The maximum Gasteiger partial charge on any atom is 0.248 e. The van der Waals surface area contributed by atoms with Crippen molar-refractivity contribution >= 4 is 46.4 Å². The van der Waals surface area contributed by atoms with Crippen LogP contribution in [0.5, 0.6) is 0 Å². The SMILES string of the molecule is Cc1ccc(CC(=O)Nc2ccc(NC(=O)/C=C/c3cc(-c4ccc(C)cc4)cs3)cc2C(=O)c2ccccc2)cc1. The normalized spacial score (nSPS) is 10.9. The summed E-state index contributed by atoms with van der Waals surface area (Å²) in [7, 11) is 0. The molecule has 5 nitrogen and oxygen atoms in total. The first kappa shape index (κ1) is 28.5. The van der Waals surface area contributed by atoms with E-state index in [1.807, 2.05) is 43.3 Å². The summed E-state index contributed by atoms with van der Waals surface area (Å²) < 4.78 is 0. The van der Waals surface area contributed by atoms with Gasteiger partial charge in [-0.25, -0.2) is 0 Å². The number of thiophene rings is 1. The van der Waals surface area contributed by atoms with Crippen LogP contribution in [0.3, 0.4) is 0 Å². The van der Waals surface area contributed by atoms with E-state index in [0.717, 1.165) is 27.1 Å². The number of nitrogens with one attached hydrogen (secondary N) is 2. The summed E-state index contributed by atoms with van der Waals surface area (Å²) in [5, 5.41) is 7.79. The molecule has 0 saturated carbocycles. The molecule has 2 N–H and O–H groups in total. The van der Waals surface area contributed by atoms with Crippen molar-refractivity contribution in [1.29, 1.82) is 0 Å². The lowest BCUT2D eigenvalue weighted by atomic mass is 10.0. The highest BCUT2D eigenvalue weighted by Crippen LogP contribution is 2.27. The first-order valence-corrected chi connectivity index (χ1v) is 14.5. The summed E-state index contributed by atoms with van der Waals surface area (Å²) in [6.07, 6.45) is 3.42. The Bertz CT molecular complexity index is 1750. The predicted octanol–water partition coefficient (Wildman–Crippen LogP) is 8.10. The summed E-state index contributed by atoms with van der Waals surface area (Å²) in [5.74, 6) is -0.814. The molecule has 0 unspecified atom stereocenters. The number of aryl methyl sites for hydroxylation is 2. The minimum Gasteiger partial charge on any atom is -0.325 e. The fourth-order valence-electron chi connectivity index (χ4n) is 4.43. The Hall–Kier alpha value is -5.07. The zero-order valence-corrected chi connectivity index (χ0v) is 24.2. The molecular formula is C36H30N2O3S. The van der Waals surface area contributed by atoms with Gasteiger partial charge in [-0.05, 0) is 66.3 Å². The number of ketones is 1. The number of anilines is 2. The van der Waals surface area contributed by atoms with E-state index in [2.05, 4.69) is 47.2 Å². The van der Waals surface area contributed by atoms with Crippen LogP contribution in [-0.4, -0.2) is 17.6 Å². The topological polar surface area (TPSA) is 75.3 Å². The molecule has 0 fully saturated rings. The molecule has 42 heavy (non-hydrogen) atoms. The Labute approximate surface area is 249 Å². The second kappa shape index (κ2) is 13.1. The summed E-state index contributed by atoms with van der Waals surface area (Å²) in [6.45, 7) is 4.05. The maximum atomic E-state index is 13.5. The molecule has 0 saturated heterocycles. The standard InChI is InChI=1S/C36H30N2O3S/c1-24-8-12-26(13-9-24)20-35(40)38-33-18-16-30(22-32(33)36(41)28-6-4-3-5-7-28)37-34(39)19-17-31-21-29(23-42-31)27-14-10-25(2)11-15-27/h3-19,21-23H,20H2,1-2H3,(H,37,39)(H,38,40)/b19-17+. The van der Waals surface area contributed by atoms with E-state index in [4.69, 9.17) is 0 Å². The zero-order chi connectivity index (χ0) is 29.5. The van der Waals surface area contributed by atoms with Crippen molar-refractivity contribution in [2.75, 3.05) is 10.6 Å². The maximum absolute atomic E-state index is 13.5. The highest BCUT2D eigenvalue weighted by Gasteiger charge is 2.17. The van der Waals surface area contributed by atoms with E-state index in [0.29, 0.717) is 22.5 Å². The molecule has 5 aromatic rings. The lowest BCUT2D eigenvalue weighted by Gasteiger charge is -2.13. The lowest BCUT2D eigenvalue weighted by molar-refractivity contribution is -0.115. The second-order valence-electron chi connectivity index (χ2n) is 10.1. The zero-order valence-electron chi connectivity index (χ0n) is 23.4. The average molecular weight is 571 g/mol. The summed E-state index contributed by atoms with van der Waals surface area (Å²) in [4.78, 5) is 40.1. The Kier molecular flexibility index (Phi) is 8.85. The third kappa shape index (κ3) is 7.36. The van der Waals surface area contributed by atoms with Crippen molar-refractivity contribution in [1.82, 2.24) is 0 Å². The fourth-order valence-corrected chi connectivity index (χ4v) is 5.24. The number of amides is 2. The molecule has 1 aromatic heterocycles. The molecule has 4 aromatic carbocycles. The largest absolute Gasteiger partial charge is 0.325 e. The van der Waals surface area contributed by atoms with Crippen LogP contribution in [0.2, 0.25) is 0 Å². The number of carbonyl (C=O) groups excluding carboxylic acids is 3. The van der Waals surface area contributed by atoms with Gasteiger partial charge in [0.25, 0.3) is 0 Å². The van der Waals surface area contributed by atoms with Gasteiger partial charge in [0.2, 0.25) is 11.8 Å². The van der Waals surface area contributed by atoms with Crippen molar-refractivity contribution in [3.63, 3.8) is 0 Å². The molecule has 0 aliphatic rings. The van der Waals surface area contributed by atoms with Crippen molar-refractivity contribution in [3.8, 4) is 11.1 Å². The van der Waals surface area contributed by atoms with Gasteiger partial charge in [0.1, 0.15) is 0 Å². The van der Waals surface area contributed by atoms with Gasteiger partial charge in [0.05, 0.1) is 12.1 Å². The van der Waals surface area contributed by atoms with Crippen molar-refractivity contribution in [3.05, 3.63) is 147 Å². The van der Waals surface area contributed by atoms with Crippen LogP contribution in [0.15, 0.2) is 115 Å². The van der Waals surface area contributed by atoms with Gasteiger partial charge in [-0.3, -0.25) is 14.4 Å². The smallest absolute Gasteiger partial charge is 0.248 e. The van der Waals surface area contributed by atoms with E-state index < -0.39 is 0 Å². The van der Waals surface area contributed by atoms with Crippen LogP contribution >= 0.6 is 11.3 Å². The van der Waals surface area contributed by atoms with Crippen LogP contribution < -0.4 is 10.6 Å². The predicted molar refractivity (Wildman–Crippen MR) is 172 cm³/mol. The van der Waals surface area contributed by atoms with E-state index in [-0.39, 0.29) is 24.0 Å². The van der Waals surface area contributed by atoms with Gasteiger partial charge in [-0.2, -0.15) is 0 Å². The molecule has 0 atom stereocenters. The van der Waals surface area contributed by atoms with E-state index in [9.17, 15) is 14.4 Å². The third-order valence-corrected chi connectivity index (χ3v) is 7.63. The van der Waals surface area contributed by atoms with Gasteiger partial charge in [0.15, 0.2) is 5.78 Å². The van der Waals surface area contributed by atoms with Gasteiger partial charge < -0.3 is 10.6 Å². The molecule has 0 bridgehead atoms. The number of benzene rings is 4. The number of hydrogen-bond donors (Lipinski definition) is 2. The first-order chi connectivity index (χ1) is 20.3. The van der Waals surface area contributed by atoms with Crippen molar-refractivity contribution < 1.29 is 14.4 Å². The minimum absolute atomic E-state index is 0.177. The average Bonchev–Trinajstić information content (AvgIpc) is 3.48. The van der Waals surface area contributed by atoms with E-state index in [1.165, 1.54) is 11.6 Å². The molecule has 5 rings (SSSR count). The van der Waals surface area contributed by atoms with Gasteiger partial charge in [-0.15, -0.1) is 11.3 Å². The van der Waals surface area contributed by atoms with Crippen LogP contribution in [0.25, 0.3) is 17.2 Å². The van der Waals surface area contributed by atoms with Crippen LogP contribution in [-0.2, 0) is 16.0 Å². The highest BCUT2D eigenvalue weighted by molar-refractivity contribution is 7.11.